The van der Waals surface area contributed by atoms with Crippen LogP contribution >= 0.6 is 0 Å². The van der Waals surface area contributed by atoms with E-state index in [1.807, 2.05) is 12.1 Å². The van der Waals surface area contributed by atoms with Crippen molar-refractivity contribution in [3.8, 4) is 0 Å². The van der Waals surface area contributed by atoms with Crippen LogP contribution in [0.4, 0.5) is 5.69 Å². The van der Waals surface area contributed by atoms with Crippen LogP contribution in [0.5, 0.6) is 0 Å². The molecule has 1 amide bonds. The zero-order valence-electron chi connectivity index (χ0n) is 17.4. The molecular formula is C25H33N3O. The first-order valence-corrected chi connectivity index (χ1v) is 11.2. The molecular weight excluding hydrogens is 358 g/mol. The predicted molar refractivity (Wildman–Crippen MR) is 119 cm³/mol. The summed E-state index contributed by atoms with van der Waals surface area (Å²) in [7, 11) is 0. The van der Waals surface area contributed by atoms with Crippen LogP contribution in [0.1, 0.15) is 60.0 Å². The number of amides is 1. The van der Waals surface area contributed by atoms with Gasteiger partial charge in [0, 0.05) is 37.4 Å². The molecule has 0 saturated carbocycles. The topological polar surface area (TPSA) is 35.6 Å². The fourth-order valence-corrected chi connectivity index (χ4v) is 4.50. The highest BCUT2D eigenvalue weighted by Crippen LogP contribution is 2.20. The summed E-state index contributed by atoms with van der Waals surface area (Å²) in [6, 6.07) is 16.6. The third kappa shape index (κ3) is 5.39. The summed E-state index contributed by atoms with van der Waals surface area (Å²) in [5.41, 5.74) is 4.51. The first kappa shape index (κ1) is 20.0. The Hall–Kier alpha value is -2.33. The summed E-state index contributed by atoms with van der Waals surface area (Å²) in [5.74, 6) is 0.00275. The van der Waals surface area contributed by atoms with Gasteiger partial charge in [0.2, 0.25) is 0 Å². The van der Waals surface area contributed by atoms with Gasteiger partial charge in [-0.3, -0.25) is 9.69 Å². The molecule has 0 unspecified atom stereocenters. The zero-order chi connectivity index (χ0) is 19.9. The molecule has 4 rings (SSSR count). The van der Waals surface area contributed by atoms with E-state index >= 15 is 0 Å². The molecule has 2 heterocycles. The van der Waals surface area contributed by atoms with Gasteiger partial charge in [-0.2, -0.15) is 0 Å². The van der Waals surface area contributed by atoms with E-state index < -0.39 is 0 Å². The van der Waals surface area contributed by atoms with Crippen molar-refractivity contribution in [3.63, 3.8) is 0 Å². The van der Waals surface area contributed by atoms with Crippen molar-refractivity contribution >= 4 is 11.6 Å². The first-order valence-electron chi connectivity index (χ1n) is 11.2. The molecule has 0 aliphatic carbocycles. The van der Waals surface area contributed by atoms with Crippen molar-refractivity contribution in [1.82, 2.24) is 10.2 Å². The van der Waals surface area contributed by atoms with Gasteiger partial charge in [-0.05, 0) is 80.6 Å². The predicted octanol–water partition coefficient (Wildman–Crippen LogP) is 4.59. The molecule has 154 valence electrons. The Morgan fingerprint density at radius 3 is 2.07 bits per heavy atom. The monoisotopic (exact) mass is 391 g/mol. The highest BCUT2D eigenvalue weighted by molar-refractivity contribution is 5.94. The summed E-state index contributed by atoms with van der Waals surface area (Å²) in [4.78, 5) is 17.6. The van der Waals surface area contributed by atoms with Crippen LogP contribution < -0.4 is 10.2 Å². The molecule has 2 aromatic carbocycles. The van der Waals surface area contributed by atoms with E-state index in [0.717, 1.165) is 25.2 Å². The number of anilines is 1. The van der Waals surface area contributed by atoms with Gasteiger partial charge < -0.3 is 10.2 Å². The number of rotatable bonds is 6. The third-order valence-electron chi connectivity index (χ3n) is 6.25. The Kier molecular flexibility index (Phi) is 6.83. The molecule has 0 spiro atoms. The van der Waals surface area contributed by atoms with Crippen molar-refractivity contribution < 1.29 is 4.79 Å². The van der Waals surface area contributed by atoms with Crippen LogP contribution in [0.15, 0.2) is 48.5 Å². The molecule has 2 aromatic rings. The lowest BCUT2D eigenvalue weighted by molar-refractivity contribution is 0.0950. The molecule has 4 nitrogen and oxygen atoms in total. The number of hydrogen-bond donors (Lipinski definition) is 1. The molecule has 2 fully saturated rings. The Bertz CT molecular complexity index is 790. The van der Waals surface area contributed by atoms with E-state index in [0.29, 0.717) is 6.54 Å². The maximum absolute atomic E-state index is 12.7. The Labute approximate surface area is 174 Å². The molecule has 0 aromatic heterocycles. The van der Waals surface area contributed by atoms with E-state index in [1.165, 1.54) is 68.4 Å². The Morgan fingerprint density at radius 1 is 0.759 bits per heavy atom. The van der Waals surface area contributed by atoms with Crippen LogP contribution in [0.2, 0.25) is 0 Å². The third-order valence-corrected chi connectivity index (χ3v) is 6.25. The Morgan fingerprint density at radius 2 is 1.38 bits per heavy atom. The number of carbonyl (C=O) groups is 1. The number of hydrogen-bond acceptors (Lipinski definition) is 3. The average Bonchev–Trinajstić information content (AvgIpc) is 2.80. The maximum Gasteiger partial charge on any atom is 0.251 e. The summed E-state index contributed by atoms with van der Waals surface area (Å²) in [6.45, 7) is 6.18. The van der Waals surface area contributed by atoms with Crippen LogP contribution in [-0.4, -0.2) is 37.0 Å². The fourth-order valence-electron chi connectivity index (χ4n) is 4.50. The van der Waals surface area contributed by atoms with Crippen molar-refractivity contribution in [2.45, 2.75) is 51.6 Å². The van der Waals surface area contributed by atoms with Gasteiger partial charge >= 0.3 is 0 Å². The van der Waals surface area contributed by atoms with Crippen LogP contribution in [0.3, 0.4) is 0 Å². The number of carbonyl (C=O) groups excluding carboxylic acids is 1. The van der Waals surface area contributed by atoms with Gasteiger partial charge in [0.25, 0.3) is 5.91 Å². The Balaban J connectivity index is 1.34. The smallest absolute Gasteiger partial charge is 0.251 e. The van der Waals surface area contributed by atoms with Gasteiger partial charge in [0.05, 0.1) is 0 Å². The van der Waals surface area contributed by atoms with E-state index in [-0.39, 0.29) is 5.91 Å². The summed E-state index contributed by atoms with van der Waals surface area (Å²) in [5, 5.41) is 3.12. The quantitative estimate of drug-likeness (QED) is 0.782. The number of nitrogens with one attached hydrogen (secondary N) is 1. The van der Waals surface area contributed by atoms with Gasteiger partial charge in [-0.15, -0.1) is 0 Å². The number of benzene rings is 2. The molecule has 0 bridgehead atoms. The number of likely N-dealkylation sites (tertiary alicyclic amines) is 1. The second-order valence-electron chi connectivity index (χ2n) is 8.38. The summed E-state index contributed by atoms with van der Waals surface area (Å²) in [6.07, 6.45) is 7.80. The minimum absolute atomic E-state index is 0.00275. The number of piperidine rings is 2. The van der Waals surface area contributed by atoms with E-state index in [1.54, 1.807) is 0 Å². The van der Waals surface area contributed by atoms with Crippen molar-refractivity contribution in [3.05, 3.63) is 65.2 Å². The lowest BCUT2D eigenvalue weighted by atomic mass is 10.0. The van der Waals surface area contributed by atoms with Crippen LogP contribution in [0, 0.1) is 0 Å². The molecule has 2 saturated heterocycles. The van der Waals surface area contributed by atoms with E-state index in [9.17, 15) is 4.79 Å². The highest BCUT2D eigenvalue weighted by Gasteiger charge is 2.14. The average molecular weight is 392 g/mol. The summed E-state index contributed by atoms with van der Waals surface area (Å²) < 4.78 is 0. The van der Waals surface area contributed by atoms with Gasteiger partial charge in [0.1, 0.15) is 0 Å². The van der Waals surface area contributed by atoms with Gasteiger partial charge in [-0.25, -0.2) is 0 Å². The lowest BCUT2D eigenvalue weighted by Crippen LogP contribution is -2.30. The molecule has 2 aliphatic rings. The van der Waals surface area contributed by atoms with Gasteiger partial charge in [0.15, 0.2) is 0 Å². The van der Waals surface area contributed by atoms with Crippen molar-refractivity contribution in [2.24, 2.45) is 0 Å². The van der Waals surface area contributed by atoms with Crippen LogP contribution in [-0.2, 0) is 13.1 Å². The molecule has 0 atom stereocenters. The summed E-state index contributed by atoms with van der Waals surface area (Å²) >= 11 is 0. The molecule has 2 aliphatic heterocycles. The van der Waals surface area contributed by atoms with Crippen molar-refractivity contribution in [2.75, 3.05) is 31.1 Å². The van der Waals surface area contributed by atoms with Crippen LogP contribution in [0.25, 0.3) is 0 Å². The molecule has 1 N–H and O–H groups in total. The standard InChI is InChI=1S/C25H33N3O/c29-25(21-11-13-24(14-12-21)28-17-7-2-8-18-28)26-19-22-9-3-4-10-23(22)20-27-15-5-1-6-16-27/h3-4,9-14H,1-2,5-8,15-20H2,(H,26,29). The molecule has 29 heavy (non-hydrogen) atoms. The van der Waals surface area contributed by atoms with Gasteiger partial charge in [-0.1, -0.05) is 30.7 Å². The fraction of sp³-hybridized carbons (Fsp3) is 0.480. The highest BCUT2D eigenvalue weighted by atomic mass is 16.1. The lowest BCUT2D eigenvalue weighted by Gasteiger charge is -2.28. The van der Waals surface area contributed by atoms with Crippen molar-refractivity contribution in [1.29, 1.82) is 0 Å². The molecule has 0 radical (unpaired) electrons. The maximum atomic E-state index is 12.7. The SMILES string of the molecule is O=C(NCc1ccccc1CN1CCCCC1)c1ccc(N2CCCCC2)cc1. The normalized spacial score (nSPS) is 17.9. The van der Waals surface area contributed by atoms with E-state index in [4.69, 9.17) is 0 Å². The largest absolute Gasteiger partial charge is 0.372 e. The first-order chi connectivity index (χ1) is 14.3. The number of nitrogens with zero attached hydrogens (tertiary/aromatic N) is 2. The second kappa shape index (κ2) is 9.93. The van der Waals surface area contributed by atoms with E-state index in [2.05, 4.69) is 51.5 Å². The minimum atomic E-state index is 0.00275. The zero-order valence-corrected chi connectivity index (χ0v) is 17.4. The minimum Gasteiger partial charge on any atom is -0.372 e. The second-order valence-corrected chi connectivity index (χ2v) is 8.38. The molecule has 4 heteroatoms.